The summed E-state index contributed by atoms with van der Waals surface area (Å²) in [5.41, 5.74) is 7.96. The average Bonchev–Trinajstić information content (AvgIpc) is 2.53. The second-order valence-electron chi connectivity index (χ2n) is 4.73. The minimum absolute atomic E-state index is 0.0854. The Morgan fingerprint density at radius 2 is 1.86 bits per heavy atom. The second-order valence-corrected chi connectivity index (χ2v) is 4.73. The predicted octanol–water partition coefficient (Wildman–Crippen LogP) is 2.94. The first-order valence-corrected chi connectivity index (χ1v) is 6.93. The largest absolute Gasteiger partial charge is 0.495 e. The summed E-state index contributed by atoms with van der Waals surface area (Å²) in [6, 6.07) is 15.2. The van der Waals surface area contributed by atoms with E-state index in [0.717, 1.165) is 5.56 Å². The van der Waals surface area contributed by atoms with E-state index >= 15 is 0 Å². The van der Waals surface area contributed by atoms with Gasteiger partial charge in [0.2, 0.25) is 0 Å². The van der Waals surface area contributed by atoms with Crippen LogP contribution in [0, 0.1) is 0 Å². The summed E-state index contributed by atoms with van der Waals surface area (Å²) in [5.74, 6) is 0.439. The SMILES string of the molecule is CCN(Cc1ccccc1)C(=O)c1cccc(OC)c1N. The Balaban J connectivity index is 2.24. The zero-order chi connectivity index (χ0) is 15.2. The number of para-hydroxylation sites is 1. The Labute approximate surface area is 125 Å². The van der Waals surface area contributed by atoms with Crippen molar-refractivity contribution in [3.05, 3.63) is 59.7 Å². The molecule has 0 spiro atoms. The van der Waals surface area contributed by atoms with E-state index < -0.39 is 0 Å². The molecule has 110 valence electrons. The summed E-state index contributed by atoms with van der Waals surface area (Å²) >= 11 is 0. The summed E-state index contributed by atoms with van der Waals surface area (Å²) in [7, 11) is 1.54. The maximum absolute atomic E-state index is 12.7. The lowest BCUT2D eigenvalue weighted by molar-refractivity contribution is 0.0753. The van der Waals surface area contributed by atoms with Crippen LogP contribution in [0.1, 0.15) is 22.8 Å². The van der Waals surface area contributed by atoms with Crippen LogP contribution >= 0.6 is 0 Å². The predicted molar refractivity (Wildman–Crippen MR) is 84.3 cm³/mol. The van der Waals surface area contributed by atoms with Crippen LogP contribution in [0.3, 0.4) is 0 Å². The monoisotopic (exact) mass is 284 g/mol. The quantitative estimate of drug-likeness (QED) is 0.859. The molecule has 2 aromatic rings. The fourth-order valence-corrected chi connectivity index (χ4v) is 2.21. The molecule has 0 saturated heterocycles. The standard InChI is InChI=1S/C17H20N2O2/c1-3-19(12-13-8-5-4-6-9-13)17(20)14-10-7-11-15(21-2)16(14)18/h4-11H,3,12,18H2,1-2H3. The lowest BCUT2D eigenvalue weighted by atomic mass is 10.1. The molecule has 0 unspecified atom stereocenters. The molecule has 2 N–H and O–H groups in total. The Hall–Kier alpha value is -2.49. The van der Waals surface area contributed by atoms with Gasteiger partial charge in [0, 0.05) is 13.1 Å². The van der Waals surface area contributed by atoms with Crippen LogP contribution in [0.25, 0.3) is 0 Å². The molecule has 4 nitrogen and oxygen atoms in total. The van der Waals surface area contributed by atoms with Crippen molar-refractivity contribution in [2.24, 2.45) is 0 Å². The third kappa shape index (κ3) is 3.34. The highest BCUT2D eigenvalue weighted by molar-refractivity contribution is 6.00. The fraction of sp³-hybridized carbons (Fsp3) is 0.235. The second kappa shape index (κ2) is 6.79. The highest BCUT2D eigenvalue weighted by atomic mass is 16.5. The molecule has 2 rings (SSSR count). The van der Waals surface area contributed by atoms with Crippen LogP contribution in [-0.2, 0) is 6.54 Å². The topological polar surface area (TPSA) is 55.6 Å². The van der Waals surface area contributed by atoms with Crippen LogP contribution in [-0.4, -0.2) is 24.5 Å². The number of nitrogens with zero attached hydrogens (tertiary/aromatic N) is 1. The minimum atomic E-state index is -0.0854. The van der Waals surface area contributed by atoms with Gasteiger partial charge in [0.15, 0.2) is 0 Å². The first kappa shape index (κ1) is 14.9. The van der Waals surface area contributed by atoms with Crippen molar-refractivity contribution >= 4 is 11.6 Å². The van der Waals surface area contributed by atoms with Crippen molar-refractivity contribution in [3.8, 4) is 5.75 Å². The molecule has 0 atom stereocenters. The molecular formula is C17H20N2O2. The summed E-state index contributed by atoms with van der Waals surface area (Å²) < 4.78 is 5.17. The smallest absolute Gasteiger partial charge is 0.256 e. The summed E-state index contributed by atoms with van der Waals surface area (Å²) in [6.07, 6.45) is 0. The lowest BCUT2D eigenvalue weighted by Crippen LogP contribution is -2.30. The average molecular weight is 284 g/mol. The maximum Gasteiger partial charge on any atom is 0.256 e. The maximum atomic E-state index is 12.7. The fourth-order valence-electron chi connectivity index (χ4n) is 2.21. The molecule has 0 bridgehead atoms. The first-order valence-electron chi connectivity index (χ1n) is 6.93. The van der Waals surface area contributed by atoms with Gasteiger partial charge in [0.05, 0.1) is 18.4 Å². The van der Waals surface area contributed by atoms with Crippen molar-refractivity contribution in [1.29, 1.82) is 0 Å². The molecule has 0 aliphatic carbocycles. The van der Waals surface area contributed by atoms with Crippen LogP contribution < -0.4 is 10.5 Å². The Bertz CT molecular complexity index is 611. The van der Waals surface area contributed by atoms with Crippen LogP contribution in [0.15, 0.2) is 48.5 Å². The highest BCUT2D eigenvalue weighted by Gasteiger charge is 2.18. The van der Waals surface area contributed by atoms with E-state index in [2.05, 4.69) is 0 Å². The van der Waals surface area contributed by atoms with E-state index in [1.165, 1.54) is 0 Å². The van der Waals surface area contributed by atoms with E-state index in [0.29, 0.717) is 30.1 Å². The number of nitrogens with two attached hydrogens (primary N) is 1. The van der Waals surface area contributed by atoms with Gasteiger partial charge in [-0.05, 0) is 24.6 Å². The molecule has 0 heterocycles. The third-order valence-electron chi connectivity index (χ3n) is 3.40. The molecule has 0 radical (unpaired) electrons. The summed E-state index contributed by atoms with van der Waals surface area (Å²) in [6.45, 7) is 3.13. The van der Waals surface area contributed by atoms with Gasteiger partial charge in [-0.2, -0.15) is 0 Å². The number of methoxy groups -OCH3 is 1. The number of amides is 1. The van der Waals surface area contributed by atoms with Crippen molar-refractivity contribution in [2.75, 3.05) is 19.4 Å². The number of hydrogen-bond acceptors (Lipinski definition) is 3. The normalized spacial score (nSPS) is 10.2. The molecule has 0 aliphatic rings. The van der Waals surface area contributed by atoms with Gasteiger partial charge in [-0.25, -0.2) is 0 Å². The zero-order valence-corrected chi connectivity index (χ0v) is 12.4. The Morgan fingerprint density at radius 3 is 2.48 bits per heavy atom. The third-order valence-corrected chi connectivity index (χ3v) is 3.40. The molecule has 21 heavy (non-hydrogen) atoms. The molecule has 1 amide bonds. The van der Waals surface area contributed by atoms with Gasteiger partial charge in [0.25, 0.3) is 5.91 Å². The van der Waals surface area contributed by atoms with Crippen LogP contribution in [0.5, 0.6) is 5.75 Å². The number of carbonyl (C=O) groups is 1. The Morgan fingerprint density at radius 1 is 1.14 bits per heavy atom. The zero-order valence-electron chi connectivity index (χ0n) is 12.4. The number of ether oxygens (including phenoxy) is 1. The van der Waals surface area contributed by atoms with Gasteiger partial charge >= 0.3 is 0 Å². The van der Waals surface area contributed by atoms with E-state index in [1.807, 2.05) is 37.3 Å². The van der Waals surface area contributed by atoms with E-state index in [9.17, 15) is 4.79 Å². The number of nitrogen functional groups attached to an aromatic ring is 1. The van der Waals surface area contributed by atoms with Crippen molar-refractivity contribution < 1.29 is 9.53 Å². The molecular weight excluding hydrogens is 264 g/mol. The summed E-state index contributed by atoms with van der Waals surface area (Å²) in [4.78, 5) is 14.4. The molecule has 2 aromatic carbocycles. The number of carbonyl (C=O) groups excluding carboxylic acids is 1. The summed E-state index contributed by atoms with van der Waals surface area (Å²) in [5, 5.41) is 0. The van der Waals surface area contributed by atoms with Crippen LogP contribution in [0.2, 0.25) is 0 Å². The molecule has 0 aromatic heterocycles. The van der Waals surface area contributed by atoms with E-state index in [-0.39, 0.29) is 5.91 Å². The first-order chi connectivity index (χ1) is 10.2. The molecule has 4 heteroatoms. The van der Waals surface area contributed by atoms with Gasteiger partial charge in [-0.3, -0.25) is 4.79 Å². The van der Waals surface area contributed by atoms with Gasteiger partial charge in [-0.15, -0.1) is 0 Å². The molecule has 0 fully saturated rings. The lowest BCUT2D eigenvalue weighted by Gasteiger charge is -2.22. The van der Waals surface area contributed by atoms with Crippen molar-refractivity contribution in [1.82, 2.24) is 4.90 Å². The number of rotatable bonds is 5. The Kier molecular flexibility index (Phi) is 4.82. The van der Waals surface area contributed by atoms with E-state index in [4.69, 9.17) is 10.5 Å². The minimum Gasteiger partial charge on any atom is -0.495 e. The molecule has 0 saturated carbocycles. The van der Waals surface area contributed by atoms with Gasteiger partial charge in [-0.1, -0.05) is 36.4 Å². The number of benzene rings is 2. The van der Waals surface area contributed by atoms with E-state index in [1.54, 1.807) is 30.2 Å². The van der Waals surface area contributed by atoms with Gasteiger partial charge in [0.1, 0.15) is 5.75 Å². The van der Waals surface area contributed by atoms with Gasteiger partial charge < -0.3 is 15.4 Å². The van der Waals surface area contributed by atoms with Crippen molar-refractivity contribution in [3.63, 3.8) is 0 Å². The number of hydrogen-bond donors (Lipinski definition) is 1. The number of anilines is 1. The molecule has 0 aliphatic heterocycles. The van der Waals surface area contributed by atoms with Crippen LogP contribution in [0.4, 0.5) is 5.69 Å². The highest BCUT2D eigenvalue weighted by Crippen LogP contribution is 2.26. The van der Waals surface area contributed by atoms with Crippen molar-refractivity contribution in [2.45, 2.75) is 13.5 Å².